The van der Waals surface area contributed by atoms with Gasteiger partial charge in [0.25, 0.3) is 0 Å². The van der Waals surface area contributed by atoms with Crippen molar-refractivity contribution >= 4 is 11.8 Å². The Morgan fingerprint density at radius 1 is 1.19 bits per heavy atom. The quantitative estimate of drug-likeness (QED) is 0.812. The molecule has 3 rings (SSSR count). The number of likely N-dealkylation sites (tertiary alicyclic amines) is 1. The van der Waals surface area contributed by atoms with Gasteiger partial charge in [0.15, 0.2) is 0 Å². The van der Waals surface area contributed by atoms with Gasteiger partial charge in [-0.25, -0.2) is 0 Å². The highest BCUT2D eigenvalue weighted by molar-refractivity contribution is 5.83. The van der Waals surface area contributed by atoms with Crippen LogP contribution in [0.1, 0.15) is 45.4 Å². The highest BCUT2D eigenvalue weighted by atomic mass is 16.2. The summed E-state index contributed by atoms with van der Waals surface area (Å²) in [4.78, 5) is 26.5. The molecule has 21 heavy (non-hydrogen) atoms. The maximum Gasteiger partial charge on any atom is 0.227 e. The standard InChI is InChI=1S/C16H27N3O2/c1-16(7-2-8-17-11-16)15(21)18-13-5-9-19(10-6-13)14(20)12-3-4-12/h12-13,17H,2-11H2,1H3,(H,18,21). The van der Waals surface area contributed by atoms with Crippen molar-refractivity contribution in [2.75, 3.05) is 26.2 Å². The average Bonchev–Trinajstić information content (AvgIpc) is 3.33. The van der Waals surface area contributed by atoms with E-state index in [0.29, 0.717) is 11.8 Å². The van der Waals surface area contributed by atoms with Crippen LogP contribution >= 0.6 is 0 Å². The predicted octanol–water partition coefficient (Wildman–Crippen LogP) is 0.893. The van der Waals surface area contributed by atoms with Crippen molar-refractivity contribution in [1.82, 2.24) is 15.5 Å². The van der Waals surface area contributed by atoms with Crippen LogP contribution in [0.15, 0.2) is 0 Å². The molecule has 0 aromatic rings. The molecule has 1 atom stereocenters. The third kappa shape index (κ3) is 3.39. The number of carbonyl (C=O) groups is 2. The first-order valence-electron chi connectivity index (χ1n) is 8.39. The van der Waals surface area contributed by atoms with Crippen molar-refractivity contribution < 1.29 is 9.59 Å². The van der Waals surface area contributed by atoms with Crippen LogP contribution in [-0.2, 0) is 9.59 Å². The Morgan fingerprint density at radius 2 is 1.90 bits per heavy atom. The topological polar surface area (TPSA) is 61.4 Å². The Morgan fingerprint density at radius 3 is 2.48 bits per heavy atom. The van der Waals surface area contributed by atoms with E-state index in [2.05, 4.69) is 17.6 Å². The molecule has 5 heteroatoms. The van der Waals surface area contributed by atoms with Gasteiger partial charge in [-0.3, -0.25) is 9.59 Å². The first-order valence-corrected chi connectivity index (χ1v) is 8.39. The molecule has 3 aliphatic rings. The lowest BCUT2D eigenvalue weighted by atomic mass is 9.81. The third-order valence-corrected chi connectivity index (χ3v) is 5.21. The van der Waals surface area contributed by atoms with Crippen LogP contribution in [0.5, 0.6) is 0 Å². The van der Waals surface area contributed by atoms with Crippen LogP contribution in [0.4, 0.5) is 0 Å². The molecule has 2 saturated heterocycles. The van der Waals surface area contributed by atoms with Gasteiger partial charge in [-0.1, -0.05) is 0 Å². The Labute approximate surface area is 126 Å². The molecule has 0 bridgehead atoms. The Kier molecular flexibility index (Phi) is 4.20. The maximum atomic E-state index is 12.5. The highest BCUT2D eigenvalue weighted by Crippen LogP contribution is 2.32. The van der Waals surface area contributed by atoms with E-state index >= 15 is 0 Å². The largest absolute Gasteiger partial charge is 0.353 e. The summed E-state index contributed by atoms with van der Waals surface area (Å²) in [6, 6.07) is 0.236. The third-order valence-electron chi connectivity index (χ3n) is 5.21. The minimum Gasteiger partial charge on any atom is -0.353 e. The molecule has 0 aromatic heterocycles. The van der Waals surface area contributed by atoms with Crippen LogP contribution in [0, 0.1) is 11.3 Å². The van der Waals surface area contributed by atoms with Crippen molar-refractivity contribution in [3.8, 4) is 0 Å². The summed E-state index contributed by atoms with van der Waals surface area (Å²) in [6.45, 7) is 5.45. The molecule has 2 heterocycles. The molecule has 2 aliphatic heterocycles. The van der Waals surface area contributed by atoms with E-state index in [9.17, 15) is 9.59 Å². The van der Waals surface area contributed by atoms with Crippen molar-refractivity contribution in [3.63, 3.8) is 0 Å². The summed E-state index contributed by atoms with van der Waals surface area (Å²) in [5.74, 6) is 0.827. The molecular formula is C16H27N3O2. The Balaban J connectivity index is 1.46. The molecule has 1 saturated carbocycles. The first kappa shape index (κ1) is 14.8. The highest BCUT2D eigenvalue weighted by Gasteiger charge is 2.38. The Bertz CT molecular complexity index is 406. The van der Waals surface area contributed by atoms with Gasteiger partial charge in [0.1, 0.15) is 0 Å². The van der Waals surface area contributed by atoms with E-state index in [4.69, 9.17) is 0 Å². The molecule has 5 nitrogen and oxygen atoms in total. The lowest BCUT2D eigenvalue weighted by Crippen LogP contribution is -2.53. The average molecular weight is 293 g/mol. The van der Waals surface area contributed by atoms with Crippen molar-refractivity contribution in [3.05, 3.63) is 0 Å². The summed E-state index contributed by atoms with van der Waals surface area (Å²) in [7, 11) is 0. The van der Waals surface area contributed by atoms with Crippen LogP contribution in [0.25, 0.3) is 0 Å². The van der Waals surface area contributed by atoms with Crippen LogP contribution in [-0.4, -0.2) is 48.9 Å². The SMILES string of the molecule is CC1(C(=O)NC2CCN(C(=O)C3CC3)CC2)CCCNC1. The summed E-state index contributed by atoms with van der Waals surface area (Å²) in [6.07, 6.45) is 5.96. The monoisotopic (exact) mass is 293 g/mol. The van der Waals surface area contributed by atoms with Crippen molar-refractivity contribution in [2.45, 2.75) is 51.5 Å². The lowest BCUT2D eigenvalue weighted by molar-refractivity contribution is -0.134. The summed E-state index contributed by atoms with van der Waals surface area (Å²) in [5, 5.41) is 6.54. The number of hydrogen-bond acceptors (Lipinski definition) is 3. The van der Waals surface area contributed by atoms with E-state index in [1.165, 1.54) is 0 Å². The number of hydrogen-bond donors (Lipinski definition) is 2. The van der Waals surface area contributed by atoms with Gasteiger partial charge >= 0.3 is 0 Å². The predicted molar refractivity (Wildman–Crippen MR) is 80.7 cm³/mol. The zero-order chi connectivity index (χ0) is 14.9. The minimum absolute atomic E-state index is 0.182. The van der Waals surface area contributed by atoms with Gasteiger partial charge in [0, 0.05) is 31.6 Å². The van der Waals surface area contributed by atoms with Gasteiger partial charge < -0.3 is 15.5 Å². The smallest absolute Gasteiger partial charge is 0.227 e. The summed E-state index contributed by atoms with van der Waals surface area (Å²) in [5.41, 5.74) is -0.265. The van der Waals surface area contributed by atoms with Crippen LogP contribution < -0.4 is 10.6 Å². The van der Waals surface area contributed by atoms with Crippen molar-refractivity contribution in [1.29, 1.82) is 0 Å². The van der Waals surface area contributed by atoms with Crippen LogP contribution in [0.2, 0.25) is 0 Å². The molecular weight excluding hydrogens is 266 g/mol. The number of amides is 2. The molecule has 1 aliphatic carbocycles. The number of rotatable bonds is 3. The molecule has 0 radical (unpaired) electrons. The summed E-state index contributed by atoms with van der Waals surface area (Å²) < 4.78 is 0. The number of nitrogens with zero attached hydrogens (tertiary/aromatic N) is 1. The van der Waals surface area contributed by atoms with Gasteiger partial charge in [-0.2, -0.15) is 0 Å². The zero-order valence-electron chi connectivity index (χ0n) is 13.0. The van der Waals surface area contributed by atoms with E-state index in [0.717, 1.165) is 64.7 Å². The van der Waals surface area contributed by atoms with E-state index in [1.807, 2.05) is 4.90 Å². The second-order valence-electron chi connectivity index (χ2n) is 7.19. The number of piperidine rings is 2. The molecule has 2 amide bonds. The van der Waals surface area contributed by atoms with E-state index < -0.39 is 0 Å². The van der Waals surface area contributed by atoms with Gasteiger partial charge in [-0.05, 0) is 52.0 Å². The Hall–Kier alpha value is -1.10. The fourth-order valence-electron chi connectivity index (χ4n) is 3.44. The maximum absolute atomic E-state index is 12.5. The van der Waals surface area contributed by atoms with Gasteiger partial charge in [0.05, 0.1) is 5.41 Å². The number of nitrogens with one attached hydrogen (secondary N) is 2. The summed E-state index contributed by atoms with van der Waals surface area (Å²) >= 11 is 0. The molecule has 1 unspecified atom stereocenters. The lowest BCUT2D eigenvalue weighted by Gasteiger charge is -2.37. The molecule has 3 fully saturated rings. The number of carbonyl (C=O) groups excluding carboxylic acids is 2. The first-order chi connectivity index (χ1) is 10.1. The molecule has 0 spiro atoms. The van der Waals surface area contributed by atoms with Gasteiger partial charge in [-0.15, -0.1) is 0 Å². The van der Waals surface area contributed by atoms with E-state index in [-0.39, 0.29) is 17.4 Å². The van der Waals surface area contributed by atoms with Gasteiger partial charge in [0.2, 0.25) is 11.8 Å². The minimum atomic E-state index is -0.265. The van der Waals surface area contributed by atoms with E-state index in [1.54, 1.807) is 0 Å². The zero-order valence-corrected chi connectivity index (χ0v) is 13.0. The normalized spacial score (nSPS) is 31.0. The second kappa shape index (κ2) is 5.95. The molecule has 2 N–H and O–H groups in total. The van der Waals surface area contributed by atoms with Crippen LogP contribution in [0.3, 0.4) is 0 Å². The fourth-order valence-corrected chi connectivity index (χ4v) is 3.44. The molecule has 118 valence electrons. The fraction of sp³-hybridized carbons (Fsp3) is 0.875. The molecule has 0 aromatic carbocycles. The second-order valence-corrected chi connectivity index (χ2v) is 7.19. The van der Waals surface area contributed by atoms with Crippen molar-refractivity contribution in [2.24, 2.45) is 11.3 Å².